The maximum absolute atomic E-state index is 12.3. The van der Waals surface area contributed by atoms with Crippen molar-refractivity contribution >= 4 is 11.6 Å². The van der Waals surface area contributed by atoms with E-state index in [0.29, 0.717) is 5.92 Å². The average molecular weight is 317 g/mol. The zero-order valence-electron chi connectivity index (χ0n) is 14.6. The molecule has 0 aliphatic carbocycles. The molecule has 0 bridgehead atoms. The minimum absolute atomic E-state index is 0.210. The second-order valence-electron chi connectivity index (χ2n) is 6.66. The van der Waals surface area contributed by atoms with Crippen molar-refractivity contribution < 1.29 is 4.79 Å². The predicted octanol–water partition coefficient (Wildman–Crippen LogP) is 3.63. The molecular formula is C19H31N3O. The Kier molecular flexibility index (Phi) is 7.37. The Balaban J connectivity index is 1.73. The van der Waals surface area contributed by atoms with Crippen LogP contribution in [0.3, 0.4) is 0 Å². The molecule has 4 nitrogen and oxygen atoms in total. The monoisotopic (exact) mass is 317 g/mol. The van der Waals surface area contributed by atoms with E-state index in [1.807, 2.05) is 12.4 Å². The van der Waals surface area contributed by atoms with Gasteiger partial charge in [-0.2, -0.15) is 0 Å². The largest absolute Gasteiger partial charge is 0.371 e. The van der Waals surface area contributed by atoms with Crippen LogP contribution < -0.4 is 10.2 Å². The van der Waals surface area contributed by atoms with E-state index in [4.69, 9.17) is 0 Å². The maximum atomic E-state index is 12.3. The summed E-state index contributed by atoms with van der Waals surface area (Å²) in [6.07, 6.45) is 10.2. The van der Waals surface area contributed by atoms with Crippen molar-refractivity contribution in [3.8, 4) is 0 Å². The van der Waals surface area contributed by atoms with Gasteiger partial charge in [0, 0.05) is 43.6 Å². The first kappa shape index (κ1) is 17.8. The number of rotatable bonds is 8. The van der Waals surface area contributed by atoms with Crippen LogP contribution in [0.25, 0.3) is 0 Å². The van der Waals surface area contributed by atoms with Crippen LogP contribution in [-0.2, 0) is 4.79 Å². The molecular weight excluding hydrogens is 286 g/mol. The zero-order chi connectivity index (χ0) is 16.5. The molecule has 1 aromatic heterocycles. The minimum atomic E-state index is 0.210. The molecule has 0 spiro atoms. The Morgan fingerprint density at radius 1 is 1.22 bits per heavy atom. The molecule has 2 rings (SSSR count). The van der Waals surface area contributed by atoms with Crippen molar-refractivity contribution in [1.29, 1.82) is 0 Å². The molecule has 1 N–H and O–H groups in total. The lowest BCUT2D eigenvalue weighted by atomic mass is 9.94. The lowest BCUT2D eigenvalue weighted by molar-refractivity contribution is -0.125. The van der Waals surface area contributed by atoms with Crippen molar-refractivity contribution in [3.05, 3.63) is 24.5 Å². The van der Waals surface area contributed by atoms with Crippen LogP contribution in [0.2, 0.25) is 0 Å². The summed E-state index contributed by atoms with van der Waals surface area (Å²) in [4.78, 5) is 18.8. The summed E-state index contributed by atoms with van der Waals surface area (Å²) in [5.74, 6) is 1.09. The number of carbonyl (C=O) groups excluding carboxylic acids is 1. The van der Waals surface area contributed by atoms with Crippen LogP contribution in [0, 0.1) is 11.8 Å². The Labute approximate surface area is 140 Å². The number of nitrogens with one attached hydrogen (secondary N) is 1. The molecule has 1 amide bonds. The molecule has 0 atom stereocenters. The lowest BCUT2D eigenvalue weighted by Gasteiger charge is -2.33. The molecule has 1 fully saturated rings. The molecule has 1 aromatic rings. The normalized spacial score (nSPS) is 15.9. The average Bonchev–Trinajstić information content (AvgIpc) is 2.61. The van der Waals surface area contributed by atoms with E-state index in [2.05, 4.69) is 41.2 Å². The van der Waals surface area contributed by atoms with Gasteiger partial charge in [-0.15, -0.1) is 0 Å². The topological polar surface area (TPSA) is 45.2 Å². The van der Waals surface area contributed by atoms with E-state index in [9.17, 15) is 4.79 Å². The smallest absolute Gasteiger partial charge is 0.223 e. The van der Waals surface area contributed by atoms with E-state index in [-0.39, 0.29) is 11.8 Å². The lowest BCUT2D eigenvalue weighted by Crippen LogP contribution is -2.40. The van der Waals surface area contributed by atoms with E-state index in [0.717, 1.165) is 58.2 Å². The molecule has 1 saturated heterocycles. The molecule has 1 aliphatic heterocycles. The number of piperidine rings is 1. The van der Waals surface area contributed by atoms with Gasteiger partial charge in [-0.05, 0) is 43.7 Å². The van der Waals surface area contributed by atoms with Crippen molar-refractivity contribution in [2.45, 2.75) is 52.4 Å². The summed E-state index contributed by atoms with van der Waals surface area (Å²) in [6, 6.07) is 4.14. The fourth-order valence-corrected chi connectivity index (χ4v) is 3.44. The van der Waals surface area contributed by atoms with Crippen LogP contribution in [0.5, 0.6) is 0 Å². The highest BCUT2D eigenvalue weighted by Crippen LogP contribution is 2.22. The van der Waals surface area contributed by atoms with Crippen LogP contribution >= 0.6 is 0 Å². The van der Waals surface area contributed by atoms with Crippen LogP contribution in [0.4, 0.5) is 5.69 Å². The standard InChI is InChI=1S/C19H31N3O/c1-3-5-17(6-4-2)19(23)21-15-16-9-13-22(14-10-16)18-7-11-20-12-8-18/h7-8,11-12,16-17H,3-6,9-10,13-15H2,1-2H3,(H,21,23). The number of hydrogen-bond donors (Lipinski definition) is 1. The first-order chi connectivity index (χ1) is 11.2. The molecule has 0 saturated carbocycles. The van der Waals surface area contributed by atoms with E-state index in [1.54, 1.807) is 0 Å². The molecule has 128 valence electrons. The molecule has 23 heavy (non-hydrogen) atoms. The van der Waals surface area contributed by atoms with Gasteiger partial charge >= 0.3 is 0 Å². The van der Waals surface area contributed by atoms with Gasteiger partial charge in [0.05, 0.1) is 0 Å². The molecule has 0 radical (unpaired) electrons. The highest BCUT2D eigenvalue weighted by molar-refractivity contribution is 5.78. The third kappa shape index (κ3) is 5.52. The molecule has 0 unspecified atom stereocenters. The number of amides is 1. The summed E-state index contributed by atoms with van der Waals surface area (Å²) in [5.41, 5.74) is 1.26. The number of pyridine rings is 1. The number of anilines is 1. The SMILES string of the molecule is CCCC(CCC)C(=O)NCC1CCN(c2ccncc2)CC1. The maximum Gasteiger partial charge on any atom is 0.223 e. The van der Waals surface area contributed by atoms with Gasteiger partial charge in [-0.3, -0.25) is 9.78 Å². The summed E-state index contributed by atoms with van der Waals surface area (Å²) in [5, 5.41) is 3.21. The third-order valence-electron chi connectivity index (χ3n) is 4.85. The summed E-state index contributed by atoms with van der Waals surface area (Å²) in [7, 11) is 0. The van der Waals surface area contributed by atoms with Gasteiger partial charge in [0.1, 0.15) is 0 Å². The molecule has 4 heteroatoms. The summed E-state index contributed by atoms with van der Waals surface area (Å²) >= 11 is 0. The van der Waals surface area contributed by atoms with E-state index >= 15 is 0 Å². The first-order valence-electron chi connectivity index (χ1n) is 9.17. The van der Waals surface area contributed by atoms with Crippen LogP contribution in [0.15, 0.2) is 24.5 Å². The quantitative estimate of drug-likeness (QED) is 0.796. The van der Waals surface area contributed by atoms with Gasteiger partial charge in [-0.1, -0.05) is 26.7 Å². The van der Waals surface area contributed by atoms with Crippen molar-refractivity contribution in [2.24, 2.45) is 11.8 Å². The van der Waals surface area contributed by atoms with Crippen LogP contribution in [0.1, 0.15) is 52.4 Å². The fraction of sp³-hybridized carbons (Fsp3) is 0.684. The predicted molar refractivity (Wildman–Crippen MR) is 95.5 cm³/mol. The Morgan fingerprint density at radius 2 is 1.83 bits per heavy atom. The minimum Gasteiger partial charge on any atom is -0.371 e. The number of nitrogens with zero attached hydrogens (tertiary/aromatic N) is 2. The Morgan fingerprint density at radius 3 is 2.39 bits per heavy atom. The molecule has 2 heterocycles. The van der Waals surface area contributed by atoms with E-state index in [1.165, 1.54) is 5.69 Å². The summed E-state index contributed by atoms with van der Waals surface area (Å²) in [6.45, 7) is 7.29. The van der Waals surface area contributed by atoms with Gasteiger partial charge in [0.15, 0.2) is 0 Å². The van der Waals surface area contributed by atoms with Crippen molar-refractivity contribution in [2.75, 3.05) is 24.5 Å². The third-order valence-corrected chi connectivity index (χ3v) is 4.85. The summed E-state index contributed by atoms with van der Waals surface area (Å²) < 4.78 is 0. The number of hydrogen-bond acceptors (Lipinski definition) is 3. The van der Waals surface area contributed by atoms with Crippen molar-refractivity contribution in [1.82, 2.24) is 10.3 Å². The van der Waals surface area contributed by atoms with Gasteiger partial charge in [0.2, 0.25) is 5.91 Å². The Hall–Kier alpha value is -1.58. The zero-order valence-corrected chi connectivity index (χ0v) is 14.6. The second kappa shape index (κ2) is 9.53. The number of aromatic nitrogens is 1. The highest BCUT2D eigenvalue weighted by atomic mass is 16.1. The van der Waals surface area contributed by atoms with Gasteiger partial charge < -0.3 is 10.2 Å². The molecule has 0 aromatic carbocycles. The highest BCUT2D eigenvalue weighted by Gasteiger charge is 2.22. The van der Waals surface area contributed by atoms with E-state index < -0.39 is 0 Å². The van der Waals surface area contributed by atoms with Gasteiger partial charge in [-0.25, -0.2) is 0 Å². The Bertz CT molecular complexity index is 449. The van der Waals surface area contributed by atoms with Crippen LogP contribution in [-0.4, -0.2) is 30.5 Å². The van der Waals surface area contributed by atoms with Crippen molar-refractivity contribution in [3.63, 3.8) is 0 Å². The number of carbonyl (C=O) groups is 1. The fourth-order valence-electron chi connectivity index (χ4n) is 3.44. The van der Waals surface area contributed by atoms with Gasteiger partial charge in [0.25, 0.3) is 0 Å². The first-order valence-corrected chi connectivity index (χ1v) is 9.17. The second-order valence-corrected chi connectivity index (χ2v) is 6.66. The molecule has 1 aliphatic rings.